The van der Waals surface area contributed by atoms with Crippen molar-refractivity contribution >= 4 is 11.9 Å². The number of rotatable bonds is 8. The van der Waals surface area contributed by atoms with E-state index in [2.05, 4.69) is 22.0 Å². The molecular formula is C19H33N3O2. The number of hydrogen-bond acceptors (Lipinski definition) is 2. The quantitative estimate of drug-likeness (QED) is 0.471. The Bertz CT molecular complexity index is 428. The summed E-state index contributed by atoms with van der Waals surface area (Å²) in [7, 11) is 0. The number of hydrogen-bond donors (Lipinski definition) is 3. The molecule has 2 aliphatic carbocycles. The van der Waals surface area contributed by atoms with Crippen LogP contribution in [0, 0.1) is 5.92 Å². The van der Waals surface area contributed by atoms with E-state index in [4.69, 9.17) is 0 Å². The SMILES string of the molecule is O=C(CC1CCCCC1)NCCNC(=O)NCCC1=CCCCC1. The maximum Gasteiger partial charge on any atom is 0.314 e. The molecule has 0 aromatic rings. The molecule has 5 nitrogen and oxygen atoms in total. The largest absolute Gasteiger partial charge is 0.354 e. The Balaban J connectivity index is 1.45. The lowest BCUT2D eigenvalue weighted by atomic mass is 9.87. The van der Waals surface area contributed by atoms with Gasteiger partial charge in [-0.3, -0.25) is 4.79 Å². The van der Waals surface area contributed by atoms with Gasteiger partial charge in [-0.05, 0) is 50.9 Å². The van der Waals surface area contributed by atoms with E-state index in [9.17, 15) is 9.59 Å². The third-order valence-electron chi connectivity index (χ3n) is 5.05. The van der Waals surface area contributed by atoms with Crippen molar-refractivity contribution in [2.75, 3.05) is 19.6 Å². The molecule has 5 heteroatoms. The smallest absolute Gasteiger partial charge is 0.314 e. The first-order valence-corrected chi connectivity index (χ1v) is 9.70. The zero-order valence-corrected chi connectivity index (χ0v) is 14.9. The fourth-order valence-corrected chi connectivity index (χ4v) is 3.63. The second-order valence-corrected chi connectivity index (χ2v) is 7.10. The number of allylic oxidation sites excluding steroid dienone is 1. The first kappa shape index (κ1) is 18.8. The Labute approximate surface area is 146 Å². The average molecular weight is 335 g/mol. The van der Waals surface area contributed by atoms with Crippen LogP contribution in [0.1, 0.15) is 70.6 Å². The molecule has 1 saturated carbocycles. The van der Waals surface area contributed by atoms with Crippen LogP contribution in [0.3, 0.4) is 0 Å². The first-order chi connectivity index (χ1) is 11.7. The number of carbonyl (C=O) groups excluding carboxylic acids is 2. The summed E-state index contributed by atoms with van der Waals surface area (Å²) in [5.74, 6) is 0.678. The van der Waals surface area contributed by atoms with Crippen molar-refractivity contribution in [3.63, 3.8) is 0 Å². The molecule has 2 aliphatic rings. The molecular weight excluding hydrogens is 302 g/mol. The van der Waals surface area contributed by atoms with Gasteiger partial charge >= 0.3 is 6.03 Å². The average Bonchev–Trinajstić information content (AvgIpc) is 2.60. The van der Waals surface area contributed by atoms with Gasteiger partial charge in [0.05, 0.1) is 0 Å². The fourth-order valence-electron chi connectivity index (χ4n) is 3.63. The molecule has 0 radical (unpaired) electrons. The van der Waals surface area contributed by atoms with E-state index in [-0.39, 0.29) is 11.9 Å². The first-order valence-electron chi connectivity index (χ1n) is 9.70. The molecule has 0 aromatic carbocycles. The minimum atomic E-state index is -0.145. The lowest BCUT2D eigenvalue weighted by Gasteiger charge is -2.20. The summed E-state index contributed by atoms with van der Waals surface area (Å²) >= 11 is 0. The molecule has 136 valence electrons. The number of nitrogens with one attached hydrogen (secondary N) is 3. The molecule has 0 atom stereocenters. The molecule has 1 fully saturated rings. The topological polar surface area (TPSA) is 70.2 Å². The van der Waals surface area contributed by atoms with Crippen LogP contribution < -0.4 is 16.0 Å². The Hall–Kier alpha value is -1.52. The summed E-state index contributed by atoms with van der Waals surface area (Å²) in [4.78, 5) is 23.5. The molecule has 0 aliphatic heterocycles. The van der Waals surface area contributed by atoms with Crippen LogP contribution in [0.2, 0.25) is 0 Å². The fraction of sp³-hybridized carbons (Fsp3) is 0.789. The Morgan fingerprint density at radius 1 is 0.917 bits per heavy atom. The van der Waals surface area contributed by atoms with Crippen molar-refractivity contribution in [1.29, 1.82) is 0 Å². The van der Waals surface area contributed by atoms with Crippen LogP contribution in [0.15, 0.2) is 11.6 Å². The highest BCUT2D eigenvalue weighted by atomic mass is 16.2. The zero-order chi connectivity index (χ0) is 17.0. The maximum atomic E-state index is 11.9. The van der Waals surface area contributed by atoms with Crippen LogP contribution in [0.4, 0.5) is 4.79 Å². The van der Waals surface area contributed by atoms with Gasteiger partial charge < -0.3 is 16.0 Å². The molecule has 0 spiro atoms. The Morgan fingerprint density at radius 3 is 2.42 bits per heavy atom. The Kier molecular flexibility index (Phi) is 8.71. The summed E-state index contributed by atoms with van der Waals surface area (Å²) in [6.07, 6.45) is 15.0. The molecule has 2 rings (SSSR count). The number of amides is 3. The van der Waals surface area contributed by atoms with Crippen LogP contribution in [0.25, 0.3) is 0 Å². The summed E-state index contributed by atoms with van der Waals surface area (Å²) in [6.45, 7) is 1.67. The normalized spacial score (nSPS) is 18.6. The molecule has 0 bridgehead atoms. The zero-order valence-electron chi connectivity index (χ0n) is 14.9. The molecule has 0 aromatic heterocycles. The van der Waals surface area contributed by atoms with Crippen molar-refractivity contribution in [2.24, 2.45) is 5.92 Å². The van der Waals surface area contributed by atoms with Gasteiger partial charge in [-0.15, -0.1) is 0 Å². The summed E-state index contributed by atoms with van der Waals surface area (Å²) < 4.78 is 0. The highest BCUT2D eigenvalue weighted by Gasteiger charge is 2.16. The summed E-state index contributed by atoms with van der Waals surface area (Å²) in [5, 5.41) is 8.58. The van der Waals surface area contributed by atoms with Gasteiger partial charge in [-0.2, -0.15) is 0 Å². The molecule has 3 amide bonds. The molecule has 0 heterocycles. The highest BCUT2D eigenvalue weighted by molar-refractivity contribution is 5.76. The number of carbonyl (C=O) groups is 2. The van der Waals surface area contributed by atoms with Crippen molar-refractivity contribution in [3.8, 4) is 0 Å². The Morgan fingerprint density at radius 2 is 1.67 bits per heavy atom. The van der Waals surface area contributed by atoms with E-state index in [1.165, 1.54) is 63.4 Å². The van der Waals surface area contributed by atoms with Crippen LogP contribution in [-0.4, -0.2) is 31.6 Å². The van der Waals surface area contributed by atoms with Crippen molar-refractivity contribution in [3.05, 3.63) is 11.6 Å². The lowest BCUT2D eigenvalue weighted by Crippen LogP contribution is -2.40. The van der Waals surface area contributed by atoms with E-state index in [1.54, 1.807) is 0 Å². The van der Waals surface area contributed by atoms with Crippen molar-refractivity contribution in [1.82, 2.24) is 16.0 Å². The predicted molar refractivity (Wildman–Crippen MR) is 96.8 cm³/mol. The van der Waals surface area contributed by atoms with Crippen LogP contribution in [0.5, 0.6) is 0 Å². The second-order valence-electron chi connectivity index (χ2n) is 7.10. The number of urea groups is 1. The third kappa shape index (κ3) is 7.84. The van der Waals surface area contributed by atoms with Gasteiger partial charge in [0.25, 0.3) is 0 Å². The monoisotopic (exact) mass is 335 g/mol. The van der Waals surface area contributed by atoms with Gasteiger partial charge in [0.15, 0.2) is 0 Å². The van der Waals surface area contributed by atoms with Gasteiger partial charge in [0.1, 0.15) is 0 Å². The summed E-state index contributed by atoms with van der Waals surface area (Å²) in [5.41, 5.74) is 1.47. The highest BCUT2D eigenvalue weighted by Crippen LogP contribution is 2.25. The van der Waals surface area contributed by atoms with Crippen molar-refractivity contribution in [2.45, 2.75) is 70.6 Å². The third-order valence-corrected chi connectivity index (χ3v) is 5.05. The lowest BCUT2D eigenvalue weighted by molar-refractivity contribution is -0.122. The van der Waals surface area contributed by atoms with Gasteiger partial charge in [-0.1, -0.05) is 30.9 Å². The van der Waals surface area contributed by atoms with Gasteiger partial charge in [-0.25, -0.2) is 4.79 Å². The van der Waals surface area contributed by atoms with Crippen LogP contribution >= 0.6 is 0 Å². The van der Waals surface area contributed by atoms with Gasteiger partial charge in [0, 0.05) is 26.1 Å². The maximum absolute atomic E-state index is 11.9. The van der Waals surface area contributed by atoms with E-state index >= 15 is 0 Å². The standard InChI is InChI=1S/C19H33N3O2/c23-18(15-17-9-5-2-6-10-17)20-13-14-22-19(24)21-12-11-16-7-3-1-4-8-16/h7,17H,1-6,8-15H2,(H,20,23)(H2,21,22,24). The van der Waals surface area contributed by atoms with Crippen molar-refractivity contribution < 1.29 is 9.59 Å². The second kappa shape index (κ2) is 11.1. The molecule has 24 heavy (non-hydrogen) atoms. The summed E-state index contributed by atoms with van der Waals surface area (Å²) in [6, 6.07) is -0.145. The molecule has 0 unspecified atom stereocenters. The minimum absolute atomic E-state index is 0.119. The molecule has 3 N–H and O–H groups in total. The minimum Gasteiger partial charge on any atom is -0.354 e. The van der Waals surface area contributed by atoms with E-state index in [1.807, 2.05) is 0 Å². The van der Waals surface area contributed by atoms with Crippen LogP contribution in [-0.2, 0) is 4.79 Å². The van der Waals surface area contributed by atoms with Gasteiger partial charge in [0.2, 0.25) is 5.91 Å². The van der Waals surface area contributed by atoms with E-state index in [0.717, 1.165) is 6.42 Å². The van der Waals surface area contributed by atoms with E-state index in [0.29, 0.717) is 32.0 Å². The van der Waals surface area contributed by atoms with E-state index < -0.39 is 0 Å². The predicted octanol–water partition coefficient (Wildman–Crippen LogP) is 3.26. The molecule has 0 saturated heterocycles.